The van der Waals surface area contributed by atoms with Crippen molar-refractivity contribution in [3.05, 3.63) is 104 Å². The summed E-state index contributed by atoms with van der Waals surface area (Å²) < 4.78 is 12.4. The van der Waals surface area contributed by atoms with E-state index < -0.39 is 5.97 Å². The largest absolute Gasteiger partial charge is 0.489 e. The second kappa shape index (κ2) is 8.61. The normalized spacial score (nSPS) is 14.6. The number of aryl methyl sites for hydroxylation is 1. The van der Waals surface area contributed by atoms with Crippen molar-refractivity contribution in [3.63, 3.8) is 0 Å². The first-order valence-corrected chi connectivity index (χ1v) is 10.2. The summed E-state index contributed by atoms with van der Waals surface area (Å²) in [6, 6.07) is 23.5. The minimum atomic E-state index is -0.442. The van der Waals surface area contributed by atoms with Crippen molar-refractivity contribution in [1.82, 2.24) is 0 Å². The average Bonchev–Trinajstić information content (AvgIpc) is 3.09. The van der Waals surface area contributed by atoms with Gasteiger partial charge < -0.3 is 9.47 Å². The lowest BCUT2D eigenvalue weighted by Crippen LogP contribution is -2.06. The van der Waals surface area contributed by atoms with Crippen molar-refractivity contribution in [3.8, 4) is 5.75 Å². The van der Waals surface area contributed by atoms with Crippen LogP contribution in [0.25, 0.3) is 6.08 Å². The molecule has 0 saturated heterocycles. The lowest BCUT2D eigenvalue weighted by atomic mass is 10.1. The molecule has 29 heavy (non-hydrogen) atoms. The van der Waals surface area contributed by atoms with Crippen LogP contribution < -0.4 is 4.74 Å². The van der Waals surface area contributed by atoms with Gasteiger partial charge in [0.15, 0.2) is 5.70 Å². The Hall–Kier alpha value is -2.93. The minimum absolute atomic E-state index is 0.288. The first kappa shape index (κ1) is 19.4. The van der Waals surface area contributed by atoms with Crippen LogP contribution in [0.4, 0.5) is 0 Å². The van der Waals surface area contributed by atoms with Gasteiger partial charge in [0.1, 0.15) is 12.4 Å². The van der Waals surface area contributed by atoms with Crippen LogP contribution in [0.3, 0.4) is 0 Å². The molecule has 3 aromatic rings. The number of halogens is 1. The Kier molecular flexibility index (Phi) is 5.76. The molecule has 4 rings (SSSR count). The van der Waals surface area contributed by atoms with E-state index in [1.165, 1.54) is 3.57 Å². The highest BCUT2D eigenvalue weighted by atomic mass is 127. The molecule has 0 saturated carbocycles. The highest BCUT2D eigenvalue weighted by molar-refractivity contribution is 14.1. The maximum Gasteiger partial charge on any atom is 0.363 e. The van der Waals surface area contributed by atoms with Crippen molar-refractivity contribution < 1.29 is 14.3 Å². The number of carbonyl (C=O) groups is 1. The molecular weight excluding hydrogens is 477 g/mol. The summed E-state index contributed by atoms with van der Waals surface area (Å²) >= 11 is 2.28. The number of hydrogen-bond donors (Lipinski definition) is 0. The Balaban J connectivity index is 1.46. The second-order valence-corrected chi connectivity index (χ2v) is 7.88. The summed E-state index contributed by atoms with van der Waals surface area (Å²) in [5, 5.41) is 0. The Bertz CT molecular complexity index is 1100. The van der Waals surface area contributed by atoms with Crippen LogP contribution in [0.5, 0.6) is 5.75 Å². The van der Waals surface area contributed by atoms with Crippen molar-refractivity contribution in [2.75, 3.05) is 0 Å². The van der Waals surface area contributed by atoms with E-state index in [1.807, 2.05) is 55.5 Å². The minimum Gasteiger partial charge on any atom is -0.489 e. The predicted octanol–water partition coefficient (Wildman–Crippen LogP) is 5.52. The summed E-state index contributed by atoms with van der Waals surface area (Å²) in [5.74, 6) is 0.669. The van der Waals surface area contributed by atoms with Gasteiger partial charge in [0.05, 0.1) is 0 Å². The quantitative estimate of drug-likeness (QED) is 0.266. The van der Waals surface area contributed by atoms with E-state index in [-0.39, 0.29) is 5.70 Å². The molecule has 0 amide bonds. The summed E-state index contributed by atoms with van der Waals surface area (Å²) in [4.78, 5) is 16.6. The van der Waals surface area contributed by atoms with Gasteiger partial charge in [0.2, 0.25) is 5.90 Å². The van der Waals surface area contributed by atoms with Crippen LogP contribution in [0, 0.1) is 10.5 Å². The second-order valence-electron chi connectivity index (χ2n) is 6.64. The van der Waals surface area contributed by atoms with Gasteiger partial charge in [0.25, 0.3) is 0 Å². The predicted molar refractivity (Wildman–Crippen MR) is 122 cm³/mol. The molecule has 0 aromatic heterocycles. The smallest absolute Gasteiger partial charge is 0.363 e. The van der Waals surface area contributed by atoms with Gasteiger partial charge in [-0.25, -0.2) is 9.79 Å². The number of aliphatic imine (C=N–C) groups is 1. The summed E-state index contributed by atoms with van der Waals surface area (Å²) in [6.45, 7) is 2.47. The molecule has 0 fully saturated rings. The molecular formula is C24H18INO3. The lowest BCUT2D eigenvalue weighted by Gasteiger charge is -2.06. The van der Waals surface area contributed by atoms with Crippen LogP contribution in [-0.4, -0.2) is 11.9 Å². The molecule has 4 nitrogen and oxygen atoms in total. The van der Waals surface area contributed by atoms with Crippen molar-refractivity contribution in [2.24, 2.45) is 4.99 Å². The summed E-state index contributed by atoms with van der Waals surface area (Å²) in [6.07, 6.45) is 1.72. The first-order valence-electron chi connectivity index (χ1n) is 9.14. The SMILES string of the molecule is Cc1ccccc1C1=N/C(=C\c2ccc(OCc3ccc(I)cc3)cc2)C(=O)O1. The molecule has 0 radical (unpaired) electrons. The van der Waals surface area contributed by atoms with E-state index in [4.69, 9.17) is 9.47 Å². The van der Waals surface area contributed by atoms with Crippen LogP contribution in [-0.2, 0) is 16.1 Å². The number of nitrogens with zero attached hydrogens (tertiary/aromatic N) is 1. The third kappa shape index (κ3) is 4.74. The zero-order valence-electron chi connectivity index (χ0n) is 15.8. The highest BCUT2D eigenvalue weighted by Crippen LogP contribution is 2.22. The zero-order chi connectivity index (χ0) is 20.2. The molecule has 0 aliphatic carbocycles. The van der Waals surface area contributed by atoms with Crippen LogP contribution in [0.15, 0.2) is 83.5 Å². The molecule has 1 aliphatic heterocycles. The third-order valence-corrected chi connectivity index (χ3v) is 5.22. The fraction of sp³-hybridized carbons (Fsp3) is 0.0833. The first-order chi connectivity index (χ1) is 14.1. The van der Waals surface area contributed by atoms with Crippen LogP contribution >= 0.6 is 22.6 Å². The molecule has 0 unspecified atom stereocenters. The Morgan fingerprint density at radius 2 is 1.72 bits per heavy atom. The average molecular weight is 495 g/mol. The van der Waals surface area contributed by atoms with E-state index >= 15 is 0 Å². The number of benzene rings is 3. The number of ether oxygens (including phenoxy) is 2. The number of rotatable bonds is 5. The fourth-order valence-electron chi connectivity index (χ4n) is 2.90. The fourth-order valence-corrected chi connectivity index (χ4v) is 3.26. The molecule has 3 aromatic carbocycles. The Morgan fingerprint density at radius 1 is 1.00 bits per heavy atom. The van der Waals surface area contributed by atoms with E-state index in [2.05, 4.69) is 51.8 Å². The monoisotopic (exact) mass is 495 g/mol. The molecule has 1 heterocycles. The van der Waals surface area contributed by atoms with Crippen molar-refractivity contribution in [1.29, 1.82) is 0 Å². The maximum absolute atomic E-state index is 12.2. The Morgan fingerprint density at radius 3 is 2.45 bits per heavy atom. The van der Waals surface area contributed by atoms with Crippen molar-refractivity contribution in [2.45, 2.75) is 13.5 Å². The Labute approximate surface area is 183 Å². The topological polar surface area (TPSA) is 47.9 Å². The molecule has 0 spiro atoms. The standard InChI is InChI=1S/C24H18INO3/c1-16-4-2-3-5-21(16)23-26-22(24(27)29-23)14-17-8-12-20(13-9-17)28-15-18-6-10-19(25)11-7-18/h2-14H,15H2,1H3/b22-14-. The molecule has 5 heteroatoms. The van der Waals surface area contributed by atoms with Gasteiger partial charge >= 0.3 is 5.97 Å². The zero-order valence-corrected chi connectivity index (χ0v) is 17.9. The number of esters is 1. The lowest BCUT2D eigenvalue weighted by molar-refractivity contribution is -0.129. The third-order valence-electron chi connectivity index (χ3n) is 4.50. The van der Waals surface area contributed by atoms with E-state index in [1.54, 1.807) is 6.08 Å². The van der Waals surface area contributed by atoms with E-state index in [9.17, 15) is 4.79 Å². The molecule has 0 N–H and O–H groups in total. The molecule has 144 valence electrons. The molecule has 0 bridgehead atoms. The van der Waals surface area contributed by atoms with E-state index in [0.717, 1.165) is 28.0 Å². The van der Waals surface area contributed by atoms with Gasteiger partial charge in [-0.2, -0.15) is 0 Å². The number of hydrogen-bond acceptors (Lipinski definition) is 4. The van der Waals surface area contributed by atoms with Crippen LogP contribution in [0.1, 0.15) is 22.3 Å². The summed E-state index contributed by atoms with van der Waals surface area (Å²) in [7, 11) is 0. The van der Waals surface area contributed by atoms with Crippen LogP contribution in [0.2, 0.25) is 0 Å². The van der Waals surface area contributed by atoms with Crippen molar-refractivity contribution >= 4 is 40.5 Å². The van der Waals surface area contributed by atoms with Gasteiger partial charge in [-0.3, -0.25) is 0 Å². The van der Waals surface area contributed by atoms with Gasteiger partial charge in [0, 0.05) is 9.13 Å². The van der Waals surface area contributed by atoms with E-state index in [0.29, 0.717) is 12.5 Å². The van der Waals surface area contributed by atoms with Gasteiger partial charge in [-0.15, -0.1) is 0 Å². The number of cyclic esters (lactones) is 1. The molecule has 0 atom stereocenters. The van der Waals surface area contributed by atoms with Gasteiger partial charge in [-0.1, -0.05) is 42.5 Å². The maximum atomic E-state index is 12.2. The molecule has 1 aliphatic rings. The number of carbonyl (C=O) groups excluding carboxylic acids is 1. The summed E-state index contributed by atoms with van der Waals surface area (Å²) in [5.41, 5.74) is 4.09. The van der Waals surface area contributed by atoms with Gasteiger partial charge in [-0.05, 0) is 82.6 Å². The highest BCUT2D eigenvalue weighted by Gasteiger charge is 2.24.